The SMILES string of the molecule is CCCNC(=O)C(C)N(Cc1c(Cl)cccc1Cl)C(=O)COc1ccccc1C. The number of nitrogens with zero attached hydrogens (tertiary/aromatic N) is 1. The van der Waals surface area contributed by atoms with E-state index in [-0.39, 0.29) is 25.0 Å². The van der Waals surface area contributed by atoms with E-state index >= 15 is 0 Å². The van der Waals surface area contributed by atoms with Crippen molar-refractivity contribution in [2.24, 2.45) is 0 Å². The molecule has 0 spiro atoms. The number of benzene rings is 2. The lowest BCUT2D eigenvalue weighted by Crippen LogP contribution is -2.49. The van der Waals surface area contributed by atoms with Crippen molar-refractivity contribution in [1.29, 1.82) is 0 Å². The van der Waals surface area contributed by atoms with Gasteiger partial charge in [0, 0.05) is 28.7 Å². The Morgan fingerprint density at radius 1 is 1.10 bits per heavy atom. The average Bonchev–Trinajstić information content (AvgIpc) is 2.70. The highest BCUT2D eigenvalue weighted by molar-refractivity contribution is 6.36. The molecule has 7 heteroatoms. The number of halogens is 2. The molecular weight excluding hydrogens is 411 g/mol. The van der Waals surface area contributed by atoms with Gasteiger partial charge in [0.25, 0.3) is 5.91 Å². The third-order valence-corrected chi connectivity index (χ3v) is 5.26. The molecule has 1 unspecified atom stereocenters. The molecule has 0 fully saturated rings. The summed E-state index contributed by atoms with van der Waals surface area (Å²) in [5.41, 5.74) is 1.52. The Morgan fingerprint density at radius 3 is 2.38 bits per heavy atom. The van der Waals surface area contributed by atoms with Gasteiger partial charge in [-0.1, -0.05) is 54.4 Å². The van der Waals surface area contributed by atoms with E-state index in [1.54, 1.807) is 31.2 Å². The van der Waals surface area contributed by atoms with Gasteiger partial charge in [-0.15, -0.1) is 0 Å². The van der Waals surface area contributed by atoms with Crippen molar-refractivity contribution in [3.05, 3.63) is 63.6 Å². The summed E-state index contributed by atoms with van der Waals surface area (Å²) in [7, 11) is 0. The van der Waals surface area contributed by atoms with E-state index in [0.29, 0.717) is 27.9 Å². The monoisotopic (exact) mass is 436 g/mol. The van der Waals surface area contributed by atoms with Crippen molar-refractivity contribution >= 4 is 35.0 Å². The summed E-state index contributed by atoms with van der Waals surface area (Å²) in [4.78, 5) is 27.0. The molecule has 0 bridgehead atoms. The number of ether oxygens (including phenoxy) is 1. The molecule has 0 aliphatic heterocycles. The molecule has 0 heterocycles. The van der Waals surface area contributed by atoms with Crippen molar-refractivity contribution in [3.63, 3.8) is 0 Å². The van der Waals surface area contributed by atoms with Gasteiger partial charge in [0.05, 0.1) is 0 Å². The summed E-state index contributed by atoms with van der Waals surface area (Å²) in [6, 6.07) is 11.9. The zero-order valence-electron chi connectivity index (χ0n) is 16.9. The van der Waals surface area contributed by atoms with Gasteiger partial charge in [-0.05, 0) is 44.0 Å². The minimum Gasteiger partial charge on any atom is -0.484 e. The predicted molar refractivity (Wildman–Crippen MR) is 116 cm³/mol. The summed E-state index contributed by atoms with van der Waals surface area (Å²) in [5.74, 6) is 0.0577. The fraction of sp³-hybridized carbons (Fsp3) is 0.364. The van der Waals surface area contributed by atoms with Crippen LogP contribution in [0.4, 0.5) is 0 Å². The molecule has 1 N–H and O–H groups in total. The molecule has 0 radical (unpaired) electrons. The van der Waals surface area contributed by atoms with Gasteiger partial charge >= 0.3 is 0 Å². The van der Waals surface area contributed by atoms with Crippen molar-refractivity contribution in [3.8, 4) is 5.75 Å². The number of carbonyl (C=O) groups excluding carboxylic acids is 2. The number of amides is 2. The number of hydrogen-bond acceptors (Lipinski definition) is 3. The summed E-state index contributed by atoms with van der Waals surface area (Å²) >= 11 is 12.6. The topological polar surface area (TPSA) is 58.6 Å². The van der Waals surface area contributed by atoms with Crippen molar-refractivity contribution in [2.45, 2.75) is 39.8 Å². The maximum Gasteiger partial charge on any atom is 0.261 e. The third-order valence-electron chi connectivity index (χ3n) is 4.55. The van der Waals surface area contributed by atoms with E-state index in [2.05, 4.69) is 5.32 Å². The standard InChI is InChI=1S/C22H26Cl2N2O3/c1-4-12-25-22(28)16(3)26(13-17-18(23)9-7-10-19(17)24)21(27)14-29-20-11-6-5-8-15(20)2/h5-11,16H,4,12-14H2,1-3H3,(H,25,28). The van der Waals surface area contributed by atoms with Crippen LogP contribution in [-0.4, -0.2) is 35.9 Å². The highest BCUT2D eigenvalue weighted by atomic mass is 35.5. The molecule has 0 aliphatic carbocycles. The molecule has 0 aromatic heterocycles. The summed E-state index contributed by atoms with van der Waals surface area (Å²) in [6.07, 6.45) is 0.805. The largest absolute Gasteiger partial charge is 0.484 e. The molecule has 2 aromatic rings. The first-order valence-corrected chi connectivity index (χ1v) is 10.3. The number of para-hydroxylation sites is 1. The van der Waals surface area contributed by atoms with Crippen LogP contribution in [0.3, 0.4) is 0 Å². The second kappa shape index (κ2) is 11.1. The quantitative estimate of drug-likeness (QED) is 0.623. The Hall–Kier alpha value is -2.24. The Kier molecular flexibility index (Phi) is 8.80. The lowest BCUT2D eigenvalue weighted by molar-refractivity contribution is -0.142. The zero-order chi connectivity index (χ0) is 21.4. The highest BCUT2D eigenvalue weighted by Gasteiger charge is 2.27. The van der Waals surface area contributed by atoms with Gasteiger partial charge in [0.2, 0.25) is 5.91 Å². The number of hydrogen-bond donors (Lipinski definition) is 1. The second-order valence-electron chi connectivity index (χ2n) is 6.74. The first-order valence-electron chi connectivity index (χ1n) is 9.53. The van der Waals surface area contributed by atoms with E-state index in [1.165, 1.54) is 4.90 Å². The molecule has 156 valence electrons. The molecule has 2 rings (SSSR count). The zero-order valence-corrected chi connectivity index (χ0v) is 18.4. The molecule has 2 amide bonds. The van der Waals surface area contributed by atoms with Crippen molar-refractivity contribution in [2.75, 3.05) is 13.2 Å². The Balaban J connectivity index is 2.22. The molecule has 29 heavy (non-hydrogen) atoms. The van der Waals surface area contributed by atoms with Gasteiger partial charge in [-0.2, -0.15) is 0 Å². The van der Waals surface area contributed by atoms with Crippen LogP contribution >= 0.6 is 23.2 Å². The van der Waals surface area contributed by atoms with Crippen LogP contribution in [0.1, 0.15) is 31.4 Å². The number of nitrogens with one attached hydrogen (secondary N) is 1. The van der Waals surface area contributed by atoms with Gasteiger partial charge in [0.15, 0.2) is 6.61 Å². The first-order chi connectivity index (χ1) is 13.8. The van der Waals surface area contributed by atoms with Gasteiger partial charge in [0.1, 0.15) is 11.8 Å². The van der Waals surface area contributed by atoms with Gasteiger partial charge in [-0.3, -0.25) is 9.59 Å². The first kappa shape index (κ1) is 23.0. The lowest BCUT2D eigenvalue weighted by atomic mass is 10.1. The van der Waals surface area contributed by atoms with Crippen LogP contribution in [0.2, 0.25) is 10.0 Å². The van der Waals surface area contributed by atoms with Crippen LogP contribution in [0.15, 0.2) is 42.5 Å². The average molecular weight is 437 g/mol. The normalized spacial score (nSPS) is 11.6. The molecule has 0 saturated carbocycles. The van der Waals surface area contributed by atoms with Crippen molar-refractivity contribution in [1.82, 2.24) is 10.2 Å². The Morgan fingerprint density at radius 2 is 1.76 bits per heavy atom. The smallest absolute Gasteiger partial charge is 0.261 e. The highest BCUT2D eigenvalue weighted by Crippen LogP contribution is 2.26. The fourth-order valence-corrected chi connectivity index (χ4v) is 3.29. The number of carbonyl (C=O) groups is 2. The van der Waals surface area contributed by atoms with E-state index in [1.807, 2.05) is 32.0 Å². The van der Waals surface area contributed by atoms with E-state index in [4.69, 9.17) is 27.9 Å². The summed E-state index contributed by atoms with van der Waals surface area (Å²) in [5, 5.41) is 3.71. The van der Waals surface area contributed by atoms with Gasteiger partial charge < -0.3 is 15.0 Å². The summed E-state index contributed by atoms with van der Waals surface area (Å²) < 4.78 is 5.70. The summed E-state index contributed by atoms with van der Waals surface area (Å²) in [6.45, 7) is 6.00. The molecule has 2 aromatic carbocycles. The van der Waals surface area contributed by atoms with E-state index < -0.39 is 6.04 Å². The fourth-order valence-electron chi connectivity index (χ4n) is 2.77. The van der Waals surface area contributed by atoms with E-state index in [9.17, 15) is 9.59 Å². The van der Waals surface area contributed by atoms with Crippen LogP contribution in [-0.2, 0) is 16.1 Å². The predicted octanol–water partition coefficient (Wildman–Crippen LogP) is 4.62. The molecule has 1 atom stereocenters. The molecular formula is C22H26Cl2N2O3. The van der Waals surface area contributed by atoms with Crippen molar-refractivity contribution < 1.29 is 14.3 Å². The number of rotatable bonds is 9. The van der Waals surface area contributed by atoms with Crippen LogP contribution < -0.4 is 10.1 Å². The third kappa shape index (κ3) is 6.38. The van der Waals surface area contributed by atoms with Crippen LogP contribution in [0, 0.1) is 6.92 Å². The Bertz CT molecular complexity index is 837. The number of aryl methyl sites for hydroxylation is 1. The lowest BCUT2D eigenvalue weighted by Gasteiger charge is -2.29. The van der Waals surface area contributed by atoms with E-state index in [0.717, 1.165) is 12.0 Å². The van der Waals surface area contributed by atoms with Crippen LogP contribution in [0.5, 0.6) is 5.75 Å². The molecule has 0 saturated heterocycles. The van der Waals surface area contributed by atoms with Crippen LogP contribution in [0.25, 0.3) is 0 Å². The maximum absolute atomic E-state index is 13.0. The minimum atomic E-state index is -0.707. The minimum absolute atomic E-state index is 0.106. The molecule has 5 nitrogen and oxygen atoms in total. The van der Waals surface area contributed by atoms with Gasteiger partial charge in [-0.25, -0.2) is 0 Å². The maximum atomic E-state index is 13.0. The molecule has 0 aliphatic rings. The Labute approximate surface area is 181 Å². The second-order valence-corrected chi connectivity index (χ2v) is 7.56.